The van der Waals surface area contributed by atoms with E-state index in [1.54, 1.807) is 24.3 Å². The van der Waals surface area contributed by atoms with Crippen molar-refractivity contribution in [1.82, 2.24) is 15.5 Å². The number of amides is 2. The number of hydrogen-bond acceptors (Lipinski definition) is 5. The molecule has 1 saturated heterocycles. The first-order chi connectivity index (χ1) is 18.8. The highest BCUT2D eigenvalue weighted by molar-refractivity contribution is 5.85. The minimum absolute atomic E-state index is 0.00715. The van der Waals surface area contributed by atoms with Crippen LogP contribution in [0.2, 0.25) is 0 Å². The van der Waals surface area contributed by atoms with E-state index >= 15 is 0 Å². The smallest absolute Gasteiger partial charge is 0.410 e. The van der Waals surface area contributed by atoms with Crippen molar-refractivity contribution in [2.24, 2.45) is 5.92 Å². The van der Waals surface area contributed by atoms with Gasteiger partial charge in [0.2, 0.25) is 5.91 Å². The van der Waals surface area contributed by atoms with Crippen LogP contribution in [0.25, 0.3) is 0 Å². The molecule has 1 spiro atoms. The van der Waals surface area contributed by atoms with Gasteiger partial charge in [0.1, 0.15) is 11.5 Å². The van der Waals surface area contributed by atoms with Crippen LogP contribution in [-0.4, -0.2) is 39.4 Å². The van der Waals surface area contributed by atoms with E-state index in [1.807, 2.05) is 71.6 Å². The lowest BCUT2D eigenvalue weighted by atomic mass is 9.82. The SMILES string of the molecule is CC1CCC2(CC1)N[C@H](C[C@@](O)(Cc1ccccc1)NC(=O)Oc1ccccc1)C(=O)N2Cc1ccccc1. The van der Waals surface area contributed by atoms with Crippen LogP contribution in [0.4, 0.5) is 4.79 Å². The monoisotopic (exact) mass is 527 g/mol. The van der Waals surface area contributed by atoms with Crippen molar-refractivity contribution in [3.63, 3.8) is 0 Å². The lowest BCUT2D eigenvalue weighted by Crippen LogP contribution is -2.57. The first-order valence-electron chi connectivity index (χ1n) is 13.8. The highest BCUT2D eigenvalue weighted by atomic mass is 16.6. The molecule has 39 heavy (non-hydrogen) atoms. The van der Waals surface area contributed by atoms with Crippen molar-refractivity contribution in [3.8, 4) is 5.75 Å². The predicted molar refractivity (Wildman–Crippen MR) is 150 cm³/mol. The number of benzene rings is 3. The number of carbonyl (C=O) groups is 2. The standard InChI is InChI=1S/C32H37N3O4/c1-24-17-19-31(20-18-24)33-28(29(36)35(31)23-26-13-7-3-8-14-26)22-32(38,21-25-11-5-2-6-12-25)34-30(37)39-27-15-9-4-10-16-27/h2-16,24,28,33,38H,17-23H2,1H3,(H,34,37)/t24?,28-,31?,32+/m1/s1. The molecule has 0 unspecified atom stereocenters. The van der Waals surface area contributed by atoms with E-state index in [0.717, 1.165) is 36.8 Å². The van der Waals surface area contributed by atoms with Gasteiger partial charge in [0, 0.05) is 19.4 Å². The first kappa shape index (κ1) is 26.9. The Morgan fingerprint density at radius 2 is 1.54 bits per heavy atom. The molecular formula is C32H37N3O4. The molecule has 2 atom stereocenters. The van der Waals surface area contributed by atoms with Crippen molar-refractivity contribution < 1.29 is 19.4 Å². The summed E-state index contributed by atoms with van der Waals surface area (Å²) in [6, 6.07) is 27.5. The Kier molecular flexibility index (Phi) is 8.00. The summed E-state index contributed by atoms with van der Waals surface area (Å²) in [5, 5.41) is 18.2. The van der Waals surface area contributed by atoms with Crippen molar-refractivity contribution in [2.75, 3.05) is 0 Å². The van der Waals surface area contributed by atoms with Crippen LogP contribution in [0, 0.1) is 5.92 Å². The molecule has 2 amide bonds. The molecule has 1 heterocycles. The van der Waals surface area contributed by atoms with Crippen molar-refractivity contribution in [3.05, 3.63) is 102 Å². The van der Waals surface area contributed by atoms with Gasteiger partial charge in [-0.1, -0.05) is 85.8 Å². The Balaban J connectivity index is 1.39. The van der Waals surface area contributed by atoms with E-state index in [0.29, 0.717) is 18.2 Å². The lowest BCUT2D eigenvalue weighted by Gasteiger charge is -2.43. The van der Waals surface area contributed by atoms with Gasteiger partial charge in [0.25, 0.3) is 0 Å². The normalized spacial score (nSPS) is 24.4. The van der Waals surface area contributed by atoms with E-state index in [-0.39, 0.29) is 18.7 Å². The Hall–Kier alpha value is -3.68. The third-order valence-corrected chi connectivity index (χ3v) is 7.98. The minimum Gasteiger partial charge on any atom is -0.410 e. The fourth-order valence-corrected chi connectivity index (χ4v) is 5.90. The summed E-state index contributed by atoms with van der Waals surface area (Å²) in [5.41, 5.74) is -0.280. The highest BCUT2D eigenvalue weighted by Crippen LogP contribution is 2.40. The molecule has 1 aliphatic heterocycles. The molecule has 3 aromatic carbocycles. The zero-order chi connectivity index (χ0) is 27.3. The Bertz CT molecular complexity index is 1250. The Morgan fingerprint density at radius 1 is 0.974 bits per heavy atom. The number of aliphatic hydroxyl groups is 1. The zero-order valence-corrected chi connectivity index (χ0v) is 22.4. The van der Waals surface area contributed by atoms with Crippen LogP contribution in [0.5, 0.6) is 5.75 Å². The fourth-order valence-electron chi connectivity index (χ4n) is 5.90. The van der Waals surface area contributed by atoms with Gasteiger partial charge in [0.05, 0.1) is 11.7 Å². The quantitative estimate of drug-likeness (QED) is 0.359. The number of ether oxygens (including phenoxy) is 1. The maximum absolute atomic E-state index is 14.0. The molecular weight excluding hydrogens is 490 g/mol. The third kappa shape index (κ3) is 6.49. The van der Waals surface area contributed by atoms with Crippen LogP contribution in [0.1, 0.15) is 50.2 Å². The zero-order valence-electron chi connectivity index (χ0n) is 22.4. The molecule has 1 saturated carbocycles. The Labute approximate surface area is 230 Å². The number of hydrogen-bond donors (Lipinski definition) is 3. The summed E-state index contributed by atoms with van der Waals surface area (Å²) in [5.74, 6) is 0.921. The third-order valence-electron chi connectivity index (χ3n) is 7.98. The molecule has 7 nitrogen and oxygen atoms in total. The first-order valence-corrected chi connectivity index (χ1v) is 13.8. The second-order valence-corrected chi connectivity index (χ2v) is 11.0. The van der Waals surface area contributed by atoms with Crippen LogP contribution >= 0.6 is 0 Å². The van der Waals surface area contributed by atoms with Crippen molar-refractivity contribution in [2.45, 2.75) is 69.4 Å². The number of nitrogens with zero attached hydrogens (tertiary/aromatic N) is 1. The molecule has 0 radical (unpaired) electrons. The summed E-state index contributed by atoms with van der Waals surface area (Å²) < 4.78 is 5.44. The fraction of sp³-hybridized carbons (Fsp3) is 0.375. The average molecular weight is 528 g/mol. The molecule has 3 N–H and O–H groups in total. The minimum atomic E-state index is -1.72. The van der Waals surface area contributed by atoms with Gasteiger partial charge in [-0.3, -0.25) is 15.4 Å². The van der Waals surface area contributed by atoms with Gasteiger partial charge in [-0.2, -0.15) is 0 Å². The Morgan fingerprint density at radius 3 is 2.15 bits per heavy atom. The van der Waals surface area contributed by atoms with Gasteiger partial charge in [0.15, 0.2) is 0 Å². The van der Waals surface area contributed by atoms with Crippen LogP contribution in [0.15, 0.2) is 91.0 Å². The van der Waals surface area contributed by atoms with Crippen molar-refractivity contribution >= 4 is 12.0 Å². The molecule has 3 aromatic rings. The average Bonchev–Trinajstić information content (AvgIpc) is 3.17. The molecule has 2 aliphatic rings. The van der Waals surface area contributed by atoms with Crippen LogP contribution in [0.3, 0.4) is 0 Å². The van der Waals surface area contributed by atoms with Gasteiger partial charge in [-0.05, 0) is 54.9 Å². The summed E-state index contributed by atoms with van der Waals surface area (Å²) in [7, 11) is 0. The maximum Gasteiger partial charge on any atom is 0.414 e. The second-order valence-electron chi connectivity index (χ2n) is 11.0. The molecule has 1 aliphatic carbocycles. The second kappa shape index (κ2) is 11.6. The van der Waals surface area contributed by atoms with Gasteiger partial charge >= 0.3 is 6.09 Å². The van der Waals surface area contributed by atoms with E-state index < -0.39 is 23.5 Å². The molecule has 5 rings (SSSR count). The van der Waals surface area contributed by atoms with Gasteiger partial charge in [-0.15, -0.1) is 0 Å². The summed E-state index contributed by atoms with van der Waals surface area (Å²) in [6.45, 7) is 2.75. The lowest BCUT2D eigenvalue weighted by molar-refractivity contribution is -0.135. The summed E-state index contributed by atoms with van der Waals surface area (Å²) in [6.07, 6.45) is 3.11. The van der Waals surface area contributed by atoms with E-state index in [2.05, 4.69) is 17.6 Å². The molecule has 7 heteroatoms. The van der Waals surface area contributed by atoms with E-state index in [1.165, 1.54) is 0 Å². The highest BCUT2D eigenvalue weighted by Gasteiger charge is 2.53. The van der Waals surface area contributed by atoms with E-state index in [4.69, 9.17) is 4.74 Å². The number of para-hydroxylation sites is 1. The molecule has 204 valence electrons. The van der Waals surface area contributed by atoms with Crippen LogP contribution in [-0.2, 0) is 17.8 Å². The maximum atomic E-state index is 14.0. The van der Waals surface area contributed by atoms with Gasteiger partial charge < -0.3 is 14.7 Å². The summed E-state index contributed by atoms with van der Waals surface area (Å²) >= 11 is 0. The van der Waals surface area contributed by atoms with E-state index in [9.17, 15) is 14.7 Å². The number of carbonyl (C=O) groups excluding carboxylic acids is 2. The topological polar surface area (TPSA) is 90.9 Å². The molecule has 0 aromatic heterocycles. The van der Waals surface area contributed by atoms with Gasteiger partial charge in [-0.25, -0.2) is 4.79 Å². The van der Waals surface area contributed by atoms with Crippen molar-refractivity contribution in [1.29, 1.82) is 0 Å². The largest absolute Gasteiger partial charge is 0.414 e. The number of rotatable bonds is 8. The molecule has 2 fully saturated rings. The van der Waals surface area contributed by atoms with Crippen LogP contribution < -0.4 is 15.4 Å². The number of nitrogens with one attached hydrogen (secondary N) is 2. The molecule has 0 bridgehead atoms. The predicted octanol–water partition coefficient (Wildman–Crippen LogP) is 5.00. The summed E-state index contributed by atoms with van der Waals surface area (Å²) in [4.78, 5) is 28.8.